The first-order valence-corrected chi connectivity index (χ1v) is 7.08. The summed E-state index contributed by atoms with van der Waals surface area (Å²) in [6.07, 6.45) is -12.9. The Morgan fingerprint density at radius 2 is 1.26 bits per heavy atom. The van der Waals surface area contributed by atoms with Crippen LogP contribution < -0.4 is 5.73 Å². The standard InChI is InChI=1S/C10H4F10INS/c11-7(8(12,13)14,9(15,16)17)3-1-4(21)6(22)5(2-3)23-10(18,19)20/h1-2H,22H2. The number of thioether (sulfide) groups is 1. The molecule has 1 rings (SSSR count). The van der Waals surface area contributed by atoms with Crippen molar-refractivity contribution in [1.82, 2.24) is 0 Å². The summed E-state index contributed by atoms with van der Waals surface area (Å²) >= 11 is 0.0783. The van der Waals surface area contributed by atoms with Gasteiger partial charge < -0.3 is 5.73 Å². The van der Waals surface area contributed by atoms with E-state index in [1.807, 2.05) is 0 Å². The summed E-state index contributed by atoms with van der Waals surface area (Å²) in [5.41, 5.74) is -8.38. The van der Waals surface area contributed by atoms with Crippen molar-refractivity contribution in [3.05, 3.63) is 21.3 Å². The summed E-state index contributed by atoms with van der Waals surface area (Å²) in [6.45, 7) is 0. The van der Waals surface area contributed by atoms with Crippen molar-refractivity contribution in [2.75, 3.05) is 5.73 Å². The van der Waals surface area contributed by atoms with E-state index in [-0.39, 0.29) is 12.1 Å². The van der Waals surface area contributed by atoms with Crippen LogP contribution in [-0.2, 0) is 5.67 Å². The summed E-state index contributed by atoms with van der Waals surface area (Å²) in [5, 5.41) is 0. The Bertz CT molecular complexity index is 577. The molecule has 0 bridgehead atoms. The number of anilines is 1. The predicted molar refractivity (Wildman–Crippen MR) is 70.4 cm³/mol. The van der Waals surface area contributed by atoms with Crippen LogP contribution in [-0.4, -0.2) is 17.9 Å². The molecule has 0 aliphatic carbocycles. The molecule has 1 nitrogen and oxygen atoms in total. The van der Waals surface area contributed by atoms with E-state index in [1.165, 1.54) is 0 Å². The molecule has 0 fully saturated rings. The smallest absolute Gasteiger partial charge is 0.397 e. The maximum absolute atomic E-state index is 13.9. The fourth-order valence-corrected chi connectivity index (χ4v) is 2.95. The van der Waals surface area contributed by atoms with E-state index in [4.69, 9.17) is 5.73 Å². The van der Waals surface area contributed by atoms with E-state index < -0.39 is 55.0 Å². The third-order valence-corrected chi connectivity index (χ3v) is 4.18. The molecule has 132 valence electrons. The number of nitrogen functional groups attached to an aromatic ring is 1. The van der Waals surface area contributed by atoms with Crippen LogP contribution in [0.15, 0.2) is 17.0 Å². The van der Waals surface area contributed by atoms with Crippen molar-refractivity contribution in [2.24, 2.45) is 0 Å². The largest absolute Gasteiger partial charge is 0.446 e. The minimum atomic E-state index is -6.43. The molecule has 0 aliphatic rings. The minimum Gasteiger partial charge on any atom is -0.397 e. The zero-order chi connectivity index (χ0) is 18.4. The molecule has 0 heterocycles. The number of hydrogen-bond acceptors (Lipinski definition) is 2. The van der Waals surface area contributed by atoms with Crippen LogP contribution in [0.2, 0.25) is 0 Å². The summed E-state index contributed by atoms with van der Waals surface area (Å²) < 4.78 is 126. The maximum Gasteiger partial charge on any atom is 0.446 e. The monoisotopic (exact) mass is 487 g/mol. The summed E-state index contributed by atoms with van der Waals surface area (Å²) in [7, 11) is 0. The van der Waals surface area contributed by atoms with Crippen molar-refractivity contribution in [1.29, 1.82) is 0 Å². The van der Waals surface area contributed by atoms with Crippen molar-refractivity contribution in [3.63, 3.8) is 0 Å². The first-order valence-electron chi connectivity index (χ1n) is 5.18. The van der Waals surface area contributed by atoms with Crippen molar-refractivity contribution in [2.45, 2.75) is 28.4 Å². The summed E-state index contributed by atoms with van der Waals surface area (Å²) in [5.74, 6) is 0. The molecule has 0 aliphatic heterocycles. The average molecular weight is 487 g/mol. The highest BCUT2D eigenvalue weighted by molar-refractivity contribution is 14.1. The average Bonchev–Trinajstić information content (AvgIpc) is 2.29. The Kier molecular flexibility index (Phi) is 5.37. The Labute approximate surface area is 139 Å². The van der Waals surface area contributed by atoms with Gasteiger partial charge in [0, 0.05) is 14.0 Å². The van der Waals surface area contributed by atoms with Gasteiger partial charge in [0.2, 0.25) is 0 Å². The summed E-state index contributed by atoms with van der Waals surface area (Å²) in [4.78, 5) is -1.16. The first-order chi connectivity index (χ1) is 10.0. The lowest BCUT2D eigenvalue weighted by atomic mass is 9.94. The normalized spacial score (nSPS) is 14.2. The van der Waals surface area contributed by atoms with E-state index in [0.29, 0.717) is 0 Å². The highest BCUT2D eigenvalue weighted by atomic mass is 127. The molecule has 0 spiro atoms. The molecule has 0 radical (unpaired) electrons. The second-order valence-corrected chi connectivity index (χ2v) is 6.34. The Hall–Kier alpha value is -0.600. The van der Waals surface area contributed by atoms with Gasteiger partial charge in [-0.1, -0.05) is 0 Å². The lowest BCUT2D eigenvalue weighted by Gasteiger charge is -2.31. The number of alkyl halides is 10. The zero-order valence-corrected chi connectivity index (χ0v) is 13.3. The van der Waals surface area contributed by atoms with Crippen LogP contribution in [0, 0.1) is 3.57 Å². The maximum atomic E-state index is 13.9. The van der Waals surface area contributed by atoms with Gasteiger partial charge in [-0.25, -0.2) is 4.39 Å². The van der Waals surface area contributed by atoms with E-state index in [2.05, 4.69) is 0 Å². The molecule has 0 saturated heterocycles. The van der Waals surface area contributed by atoms with Gasteiger partial charge in [-0.05, 0) is 46.5 Å². The van der Waals surface area contributed by atoms with Gasteiger partial charge in [0.15, 0.2) is 0 Å². The van der Waals surface area contributed by atoms with Gasteiger partial charge in [0.25, 0.3) is 0 Å². The van der Waals surface area contributed by atoms with E-state index in [9.17, 15) is 43.9 Å². The topological polar surface area (TPSA) is 26.0 Å². The fourth-order valence-electron chi connectivity index (χ4n) is 1.49. The second kappa shape index (κ2) is 6.04. The van der Waals surface area contributed by atoms with Crippen LogP contribution in [0.25, 0.3) is 0 Å². The highest BCUT2D eigenvalue weighted by Gasteiger charge is 2.73. The molecule has 0 aromatic heterocycles. The predicted octanol–water partition coefficient (Wildman–Crippen LogP) is 5.77. The molecule has 13 heteroatoms. The number of halogens is 11. The molecule has 0 amide bonds. The lowest BCUT2D eigenvalue weighted by Crippen LogP contribution is -2.50. The molecule has 23 heavy (non-hydrogen) atoms. The number of hydrogen-bond donors (Lipinski definition) is 1. The van der Waals surface area contributed by atoms with Crippen molar-refractivity contribution >= 4 is 40.0 Å². The Morgan fingerprint density at radius 3 is 1.61 bits per heavy atom. The van der Waals surface area contributed by atoms with Crippen LogP contribution >= 0.6 is 34.4 Å². The van der Waals surface area contributed by atoms with Gasteiger partial charge in [0.1, 0.15) is 0 Å². The minimum absolute atomic E-state index is 0.108. The lowest BCUT2D eigenvalue weighted by molar-refractivity contribution is -0.348. The second-order valence-electron chi connectivity index (χ2n) is 4.07. The zero-order valence-electron chi connectivity index (χ0n) is 10.3. The number of benzene rings is 1. The van der Waals surface area contributed by atoms with Gasteiger partial charge in [-0.3, -0.25) is 0 Å². The molecular formula is C10H4F10INS. The third-order valence-electron chi connectivity index (χ3n) is 2.50. The fraction of sp³-hybridized carbons (Fsp3) is 0.400. The van der Waals surface area contributed by atoms with Gasteiger partial charge in [-0.2, -0.15) is 39.5 Å². The Balaban J connectivity index is 3.64. The van der Waals surface area contributed by atoms with E-state index >= 15 is 0 Å². The van der Waals surface area contributed by atoms with Crippen LogP contribution in [0.5, 0.6) is 0 Å². The third kappa shape index (κ3) is 4.09. The first kappa shape index (κ1) is 20.4. The van der Waals surface area contributed by atoms with Crippen LogP contribution in [0.4, 0.5) is 49.6 Å². The van der Waals surface area contributed by atoms with Gasteiger partial charge in [0.05, 0.1) is 5.69 Å². The number of nitrogens with two attached hydrogens (primary N) is 1. The van der Waals surface area contributed by atoms with Gasteiger partial charge >= 0.3 is 23.5 Å². The van der Waals surface area contributed by atoms with Crippen LogP contribution in [0.3, 0.4) is 0 Å². The highest BCUT2D eigenvalue weighted by Crippen LogP contribution is 2.54. The molecule has 0 unspecified atom stereocenters. The molecule has 0 atom stereocenters. The van der Waals surface area contributed by atoms with Crippen LogP contribution in [0.1, 0.15) is 5.56 Å². The number of rotatable bonds is 2. The Morgan fingerprint density at radius 1 is 0.826 bits per heavy atom. The van der Waals surface area contributed by atoms with Crippen molar-refractivity contribution in [3.8, 4) is 0 Å². The van der Waals surface area contributed by atoms with E-state index in [1.54, 1.807) is 0 Å². The SMILES string of the molecule is Nc1c(I)cc(C(F)(C(F)(F)F)C(F)(F)F)cc1SC(F)(F)F. The molecular weight excluding hydrogens is 483 g/mol. The summed E-state index contributed by atoms with van der Waals surface area (Å²) in [6, 6.07) is -0.0893. The van der Waals surface area contributed by atoms with E-state index in [0.717, 1.165) is 22.6 Å². The molecule has 1 aromatic carbocycles. The molecule has 0 saturated carbocycles. The van der Waals surface area contributed by atoms with Gasteiger partial charge in [-0.15, -0.1) is 0 Å². The molecule has 1 aromatic rings. The van der Waals surface area contributed by atoms with Crippen molar-refractivity contribution < 1.29 is 43.9 Å². The quantitative estimate of drug-likeness (QED) is 0.248. The molecule has 2 N–H and O–H groups in total.